The first-order chi connectivity index (χ1) is 19.1. The minimum Gasteiger partial charge on any atom is -0.333 e. The number of sulfonamides is 1. The largest absolute Gasteiger partial charge is 0.333 e. The highest BCUT2D eigenvalue weighted by Crippen LogP contribution is 2.34. The van der Waals surface area contributed by atoms with Crippen molar-refractivity contribution in [1.82, 2.24) is 9.29 Å². The number of halogens is 1. The van der Waals surface area contributed by atoms with Crippen LogP contribution in [0.15, 0.2) is 91.0 Å². The molecular formula is C34H35ClN2O2S. The third kappa shape index (κ3) is 5.87. The maximum absolute atomic E-state index is 13.2. The van der Waals surface area contributed by atoms with Gasteiger partial charge in [-0.3, -0.25) is 0 Å². The van der Waals surface area contributed by atoms with Crippen molar-refractivity contribution in [2.75, 3.05) is 6.54 Å². The number of aromatic nitrogens is 1. The van der Waals surface area contributed by atoms with Gasteiger partial charge < -0.3 is 4.57 Å². The van der Waals surface area contributed by atoms with Gasteiger partial charge in [0.15, 0.2) is 0 Å². The van der Waals surface area contributed by atoms with Crippen LogP contribution in [0.2, 0.25) is 5.02 Å². The lowest BCUT2D eigenvalue weighted by Gasteiger charge is -2.24. The summed E-state index contributed by atoms with van der Waals surface area (Å²) in [6, 6.07) is 30.9. The van der Waals surface area contributed by atoms with Crippen molar-refractivity contribution in [3.63, 3.8) is 0 Å². The monoisotopic (exact) mass is 570 g/mol. The summed E-state index contributed by atoms with van der Waals surface area (Å²) in [5.41, 5.74) is 9.68. The highest BCUT2D eigenvalue weighted by atomic mass is 35.5. The van der Waals surface area contributed by atoms with Gasteiger partial charge in [-0.25, -0.2) is 13.1 Å². The third-order valence-electron chi connectivity index (χ3n) is 7.92. The van der Waals surface area contributed by atoms with E-state index in [1.807, 2.05) is 38.1 Å². The number of benzene rings is 4. The molecule has 0 amide bonds. The molecule has 4 nitrogen and oxygen atoms in total. The van der Waals surface area contributed by atoms with Crippen molar-refractivity contribution in [2.24, 2.45) is 0 Å². The smallest absolute Gasteiger partial charge is 0.215 e. The zero-order valence-corrected chi connectivity index (χ0v) is 25.0. The second-order valence-electron chi connectivity index (χ2n) is 10.6. The molecule has 206 valence electrons. The molecule has 0 saturated heterocycles. The summed E-state index contributed by atoms with van der Waals surface area (Å²) >= 11 is 6.38. The molecule has 0 bridgehead atoms. The molecule has 4 aromatic carbocycles. The van der Waals surface area contributed by atoms with Gasteiger partial charge >= 0.3 is 0 Å². The summed E-state index contributed by atoms with van der Waals surface area (Å²) < 4.78 is 31.7. The quantitative estimate of drug-likeness (QED) is 0.196. The van der Waals surface area contributed by atoms with Crippen LogP contribution in [-0.2, 0) is 22.2 Å². The van der Waals surface area contributed by atoms with Crippen LogP contribution >= 0.6 is 11.6 Å². The maximum atomic E-state index is 13.2. The number of rotatable bonds is 9. The van der Waals surface area contributed by atoms with Crippen molar-refractivity contribution < 1.29 is 8.42 Å². The summed E-state index contributed by atoms with van der Waals surface area (Å²) in [5.74, 6) is -0.0267. The molecule has 5 aromatic rings. The van der Waals surface area contributed by atoms with Gasteiger partial charge in [-0.15, -0.1) is 0 Å². The van der Waals surface area contributed by atoms with E-state index in [1.165, 1.54) is 5.56 Å². The predicted molar refractivity (Wildman–Crippen MR) is 167 cm³/mol. The first kappa shape index (κ1) is 28.2. The third-order valence-corrected chi connectivity index (χ3v) is 9.47. The van der Waals surface area contributed by atoms with E-state index in [-0.39, 0.29) is 11.8 Å². The van der Waals surface area contributed by atoms with Crippen molar-refractivity contribution in [3.8, 4) is 0 Å². The minimum atomic E-state index is -3.53. The van der Waals surface area contributed by atoms with E-state index < -0.39 is 10.0 Å². The summed E-state index contributed by atoms with van der Waals surface area (Å²) in [4.78, 5) is 0. The Morgan fingerprint density at radius 3 is 2.02 bits per heavy atom. The number of nitrogens with zero attached hydrogens (tertiary/aromatic N) is 1. The minimum absolute atomic E-state index is 0.0267. The van der Waals surface area contributed by atoms with E-state index in [0.717, 1.165) is 50.0 Å². The van der Waals surface area contributed by atoms with Crippen LogP contribution in [0.4, 0.5) is 0 Å². The molecule has 1 heterocycles. The topological polar surface area (TPSA) is 51.1 Å². The Labute approximate surface area is 242 Å². The van der Waals surface area contributed by atoms with Crippen LogP contribution in [0.1, 0.15) is 50.7 Å². The van der Waals surface area contributed by atoms with Gasteiger partial charge in [0.25, 0.3) is 0 Å². The molecule has 0 aliphatic rings. The standard InChI is InChI=1S/C34H35ClN2O2S/c1-23-19-24(2)32(26(4)25(23)3)22-40(38,39)36-18-17-31-21-29-20-30(35)15-16-33(29)37(31)34(27-11-7-5-8-12-27)28-13-9-6-10-14-28/h5-16,19-21,34,36H,17-18,22H2,1-4H3. The van der Waals surface area contributed by atoms with E-state index in [9.17, 15) is 8.42 Å². The normalized spacial score (nSPS) is 11.9. The van der Waals surface area contributed by atoms with Crippen LogP contribution in [-0.4, -0.2) is 19.5 Å². The molecule has 0 aliphatic carbocycles. The first-order valence-electron chi connectivity index (χ1n) is 13.6. The molecule has 0 spiro atoms. The average molecular weight is 571 g/mol. The van der Waals surface area contributed by atoms with E-state index in [4.69, 9.17) is 11.6 Å². The van der Waals surface area contributed by atoms with Crippen molar-refractivity contribution >= 4 is 32.5 Å². The average Bonchev–Trinajstić information content (AvgIpc) is 3.28. The molecule has 40 heavy (non-hydrogen) atoms. The molecule has 0 radical (unpaired) electrons. The molecule has 6 heteroatoms. The summed E-state index contributed by atoms with van der Waals surface area (Å²) in [6.45, 7) is 8.41. The fourth-order valence-corrected chi connectivity index (χ4v) is 7.18. The van der Waals surface area contributed by atoms with Crippen LogP contribution < -0.4 is 4.72 Å². The van der Waals surface area contributed by atoms with Crippen LogP contribution in [0.25, 0.3) is 10.9 Å². The van der Waals surface area contributed by atoms with E-state index in [2.05, 4.69) is 89.9 Å². The molecule has 0 atom stereocenters. The maximum Gasteiger partial charge on any atom is 0.215 e. The van der Waals surface area contributed by atoms with Gasteiger partial charge in [0.1, 0.15) is 0 Å². The second kappa shape index (κ2) is 11.6. The Bertz CT molecular complexity index is 1720. The second-order valence-corrected chi connectivity index (χ2v) is 12.8. The Balaban J connectivity index is 1.48. The SMILES string of the molecule is Cc1cc(C)c(CS(=O)(=O)NCCc2cc3cc(Cl)ccc3n2C(c2ccccc2)c2ccccc2)c(C)c1C. The molecule has 1 N–H and O–H groups in total. The number of fused-ring (bicyclic) bond motifs is 1. The van der Waals surface area contributed by atoms with Gasteiger partial charge in [-0.1, -0.05) is 78.3 Å². The van der Waals surface area contributed by atoms with E-state index in [1.54, 1.807) is 0 Å². The predicted octanol–water partition coefficient (Wildman–Crippen LogP) is 7.83. The lowest BCUT2D eigenvalue weighted by atomic mass is 9.95. The highest BCUT2D eigenvalue weighted by molar-refractivity contribution is 7.88. The van der Waals surface area contributed by atoms with Crippen LogP contribution in [0.3, 0.4) is 0 Å². The van der Waals surface area contributed by atoms with Gasteiger partial charge in [0, 0.05) is 34.6 Å². The zero-order chi connectivity index (χ0) is 28.4. The van der Waals surface area contributed by atoms with Gasteiger partial charge in [-0.2, -0.15) is 0 Å². The number of nitrogens with one attached hydrogen (secondary N) is 1. The fraction of sp³-hybridized carbons (Fsp3) is 0.235. The van der Waals surface area contributed by atoms with E-state index in [0.29, 0.717) is 18.0 Å². The molecule has 1 aromatic heterocycles. The Kier molecular flexibility index (Phi) is 8.18. The molecule has 0 saturated carbocycles. The van der Waals surface area contributed by atoms with Crippen molar-refractivity contribution in [3.05, 3.63) is 141 Å². The van der Waals surface area contributed by atoms with Gasteiger partial charge in [0.05, 0.1) is 11.8 Å². The van der Waals surface area contributed by atoms with Crippen molar-refractivity contribution in [2.45, 2.75) is 45.9 Å². The summed E-state index contributed by atoms with van der Waals surface area (Å²) in [5, 5.41) is 1.70. The first-order valence-corrected chi connectivity index (χ1v) is 15.6. The number of hydrogen-bond donors (Lipinski definition) is 1. The molecule has 0 aliphatic heterocycles. The highest BCUT2D eigenvalue weighted by Gasteiger charge is 2.22. The van der Waals surface area contributed by atoms with Crippen LogP contribution in [0, 0.1) is 27.7 Å². The Morgan fingerprint density at radius 2 is 1.40 bits per heavy atom. The Hall–Kier alpha value is -3.38. The zero-order valence-electron chi connectivity index (χ0n) is 23.4. The summed E-state index contributed by atoms with van der Waals surface area (Å²) in [6.07, 6.45) is 0.534. The van der Waals surface area contributed by atoms with Crippen molar-refractivity contribution in [1.29, 1.82) is 0 Å². The fourth-order valence-electron chi connectivity index (χ4n) is 5.66. The van der Waals surface area contributed by atoms with Gasteiger partial charge in [0.2, 0.25) is 10.0 Å². The van der Waals surface area contributed by atoms with E-state index >= 15 is 0 Å². The van der Waals surface area contributed by atoms with Gasteiger partial charge in [-0.05, 0) is 90.9 Å². The molecule has 0 fully saturated rings. The lowest BCUT2D eigenvalue weighted by Crippen LogP contribution is -2.28. The number of hydrogen-bond acceptors (Lipinski definition) is 2. The molecule has 5 rings (SSSR count). The number of aryl methyl sites for hydroxylation is 2. The Morgan fingerprint density at radius 1 is 0.775 bits per heavy atom. The lowest BCUT2D eigenvalue weighted by molar-refractivity contribution is 0.578. The molecular weight excluding hydrogens is 536 g/mol. The summed E-state index contributed by atoms with van der Waals surface area (Å²) in [7, 11) is -3.53. The molecule has 0 unspecified atom stereocenters. The van der Waals surface area contributed by atoms with Crippen LogP contribution in [0.5, 0.6) is 0 Å².